The summed E-state index contributed by atoms with van der Waals surface area (Å²) in [4.78, 5) is 11.3. The van der Waals surface area contributed by atoms with E-state index < -0.39 is 11.8 Å². The molecule has 1 aliphatic carbocycles. The molecule has 0 spiro atoms. The van der Waals surface area contributed by atoms with Gasteiger partial charge in [-0.2, -0.15) is 5.26 Å². The maximum absolute atomic E-state index is 12.8. The van der Waals surface area contributed by atoms with E-state index in [1.54, 1.807) is 0 Å². The van der Waals surface area contributed by atoms with Gasteiger partial charge in [-0.1, -0.05) is 0 Å². The number of carbonyl (C=O) groups excluding carboxylic acids is 1. The summed E-state index contributed by atoms with van der Waals surface area (Å²) in [5.74, 6) is -3.66. The summed E-state index contributed by atoms with van der Waals surface area (Å²) in [6, 6.07) is 1.61. The van der Waals surface area contributed by atoms with Crippen molar-refractivity contribution in [1.82, 2.24) is 5.32 Å². The lowest BCUT2D eigenvalue weighted by Gasteiger charge is -2.29. The van der Waals surface area contributed by atoms with Gasteiger partial charge in [-0.25, -0.2) is 8.78 Å². The predicted molar refractivity (Wildman–Crippen MR) is 50.1 cm³/mol. The Kier molecular flexibility index (Phi) is 3.61. The van der Waals surface area contributed by atoms with Crippen LogP contribution in [0.2, 0.25) is 0 Å². The number of amides is 1. The lowest BCUT2D eigenvalue weighted by Crippen LogP contribution is -2.42. The third kappa shape index (κ3) is 3.46. The maximum Gasteiger partial charge on any atom is 0.248 e. The molecule has 0 aromatic heterocycles. The molecule has 15 heavy (non-hydrogen) atoms. The van der Waals surface area contributed by atoms with Gasteiger partial charge in [0.25, 0.3) is 0 Å². The van der Waals surface area contributed by atoms with E-state index in [9.17, 15) is 13.6 Å². The zero-order valence-corrected chi connectivity index (χ0v) is 8.59. The molecule has 0 aliphatic heterocycles. The fraction of sp³-hybridized carbons (Fsp3) is 0.800. The first-order valence-corrected chi connectivity index (χ1v) is 5.02. The van der Waals surface area contributed by atoms with E-state index in [-0.39, 0.29) is 37.6 Å². The summed E-state index contributed by atoms with van der Waals surface area (Å²) in [6.45, 7) is 1.49. The van der Waals surface area contributed by atoms with Crippen molar-refractivity contribution in [1.29, 1.82) is 5.26 Å². The van der Waals surface area contributed by atoms with Crippen LogP contribution in [0.25, 0.3) is 0 Å². The van der Waals surface area contributed by atoms with Crippen LogP contribution < -0.4 is 5.32 Å². The summed E-state index contributed by atoms with van der Waals surface area (Å²) < 4.78 is 25.5. The number of carbonyl (C=O) groups is 1. The average molecular weight is 216 g/mol. The maximum atomic E-state index is 12.8. The second kappa shape index (κ2) is 4.56. The van der Waals surface area contributed by atoms with Crippen LogP contribution in [0, 0.1) is 17.2 Å². The number of nitrogens with zero attached hydrogens (tertiary/aromatic N) is 1. The summed E-state index contributed by atoms with van der Waals surface area (Å²) in [5.41, 5.74) is 0. The molecule has 0 heterocycles. The zero-order valence-electron chi connectivity index (χ0n) is 8.59. The molecule has 3 nitrogen and oxygen atoms in total. The Morgan fingerprint density at radius 1 is 1.53 bits per heavy atom. The van der Waals surface area contributed by atoms with Gasteiger partial charge in [0.05, 0.1) is 6.07 Å². The van der Waals surface area contributed by atoms with E-state index in [0.717, 1.165) is 0 Å². The van der Waals surface area contributed by atoms with E-state index in [1.807, 2.05) is 6.07 Å². The second-order valence-electron chi connectivity index (χ2n) is 3.99. The first-order valence-electron chi connectivity index (χ1n) is 5.02. The zero-order chi connectivity index (χ0) is 11.5. The van der Waals surface area contributed by atoms with Crippen molar-refractivity contribution in [3.05, 3.63) is 0 Å². The van der Waals surface area contributed by atoms with Crippen LogP contribution in [0.5, 0.6) is 0 Å². The van der Waals surface area contributed by atoms with Gasteiger partial charge in [-0.15, -0.1) is 0 Å². The van der Waals surface area contributed by atoms with E-state index >= 15 is 0 Å². The van der Waals surface area contributed by atoms with Gasteiger partial charge in [0, 0.05) is 18.9 Å². The molecule has 1 amide bonds. The minimum absolute atomic E-state index is 0.182. The van der Waals surface area contributed by atoms with Crippen LogP contribution in [-0.2, 0) is 4.79 Å². The van der Waals surface area contributed by atoms with E-state index in [1.165, 1.54) is 6.92 Å². The van der Waals surface area contributed by atoms with Gasteiger partial charge in [-0.3, -0.25) is 4.79 Å². The molecule has 1 rings (SSSR count). The van der Waals surface area contributed by atoms with Crippen molar-refractivity contribution < 1.29 is 13.6 Å². The first kappa shape index (κ1) is 11.9. The Bertz CT molecular complexity index is 276. The smallest absolute Gasteiger partial charge is 0.248 e. The number of halogens is 2. The van der Waals surface area contributed by atoms with Crippen LogP contribution in [0.1, 0.15) is 32.6 Å². The molecule has 1 atom stereocenters. The molecular weight excluding hydrogens is 202 g/mol. The molecule has 1 N–H and O–H groups in total. The monoisotopic (exact) mass is 216 g/mol. The highest BCUT2D eigenvalue weighted by Crippen LogP contribution is 2.32. The van der Waals surface area contributed by atoms with Crippen molar-refractivity contribution in [3.63, 3.8) is 0 Å². The predicted octanol–water partition coefficient (Wildman–Crippen LogP) is 1.84. The van der Waals surface area contributed by atoms with Gasteiger partial charge >= 0.3 is 0 Å². The van der Waals surface area contributed by atoms with E-state index in [0.29, 0.717) is 0 Å². The third-order valence-corrected chi connectivity index (χ3v) is 2.65. The van der Waals surface area contributed by atoms with Crippen LogP contribution in [-0.4, -0.2) is 17.9 Å². The summed E-state index contributed by atoms with van der Waals surface area (Å²) in [7, 11) is 0. The molecule has 0 saturated heterocycles. The average Bonchev–Trinajstić information content (AvgIpc) is 2.20. The van der Waals surface area contributed by atoms with Crippen LogP contribution in [0.3, 0.4) is 0 Å². The summed E-state index contributed by atoms with van der Waals surface area (Å²) >= 11 is 0. The van der Waals surface area contributed by atoms with Crippen LogP contribution in [0.4, 0.5) is 8.78 Å². The number of hydrogen-bond acceptors (Lipinski definition) is 2. The quantitative estimate of drug-likeness (QED) is 0.765. The Morgan fingerprint density at radius 2 is 2.07 bits per heavy atom. The van der Waals surface area contributed by atoms with Crippen molar-refractivity contribution in [2.45, 2.75) is 44.6 Å². The van der Waals surface area contributed by atoms with Crippen LogP contribution in [0.15, 0.2) is 0 Å². The Balaban J connectivity index is 2.37. The lowest BCUT2D eigenvalue weighted by atomic mass is 9.92. The molecular formula is C10H14F2N2O. The summed E-state index contributed by atoms with van der Waals surface area (Å²) in [6.07, 6.45) is 0.214. The normalized spacial score (nSPS) is 22.8. The van der Waals surface area contributed by atoms with Crippen molar-refractivity contribution in [3.8, 4) is 6.07 Å². The SMILES string of the molecule is C[C@@H](C#N)C(=O)NC1CCC(F)(F)CC1. The molecule has 0 aromatic carbocycles. The highest BCUT2D eigenvalue weighted by molar-refractivity contribution is 5.80. The largest absolute Gasteiger partial charge is 0.352 e. The second-order valence-corrected chi connectivity index (χ2v) is 3.99. The number of nitrogens with one attached hydrogen (secondary N) is 1. The van der Waals surface area contributed by atoms with E-state index in [4.69, 9.17) is 5.26 Å². The fourth-order valence-electron chi connectivity index (χ4n) is 1.57. The number of nitriles is 1. The van der Waals surface area contributed by atoms with Crippen LogP contribution >= 0.6 is 0 Å². The molecule has 1 saturated carbocycles. The number of hydrogen-bond donors (Lipinski definition) is 1. The first-order chi connectivity index (χ1) is 6.94. The number of alkyl halides is 2. The standard InChI is InChI=1S/C10H14F2N2O/c1-7(6-13)9(15)14-8-2-4-10(11,12)5-3-8/h7-8H,2-5H2,1H3,(H,14,15)/t7-/m0/s1. The molecule has 1 aliphatic rings. The Hall–Kier alpha value is -1.18. The summed E-state index contributed by atoms with van der Waals surface area (Å²) in [5, 5.41) is 11.1. The highest BCUT2D eigenvalue weighted by atomic mass is 19.3. The van der Waals surface area contributed by atoms with Gasteiger partial charge < -0.3 is 5.32 Å². The molecule has 0 radical (unpaired) electrons. The highest BCUT2D eigenvalue weighted by Gasteiger charge is 2.35. The molecule has 0 aromatic rings. The van der Waals surface area contributed by atoms with Crippen molar-refractivity contribution in [2.24, 2.45) is 5.92 Å². The fourth-order valence-corrected chi connectivity index (χ4v) is 1.57. The molecule has 0 bridgehead atoms. The van der Waals surface area contributed by atoms with Gasteiger partial charge in [0.15, 0.2) is 0 Å². The Labute approximate surface area is 87.5 Å². The molecule has 84 valence electrons. The molecule has 0 unspecified atom stereocenters. The van der Waals surface area contributed by atoms with Gasteiger partial charge in [-0.05, 0) is 19.8 Å². The third-order valence-electron chi connectivity index (χ3n) is 2.65. The Morgan fingerprint density at radius 3 is 2.53 bits per heavy atom. The van der Waals surface area contributed by atoms with Gasteiger partial charge in [0.1, 0.15) is 5.92 Å². The minimum atomic E-state index is -2.58. The van der Waals surface area contributed by atoms with Gasteiger partial charge in [0.2, 0.25) is 11.8 Å². The van der Waals surface area contributed by atoms with Crippen molar-refractivity contribution in [2.75, 3.05) is 0 Å². The topological polar surface area (TPSA) is 52.9 Å². The minimum Gasteiger partial charge on any atom is -0.352 e. The lowest BCUT2D eigenvalue weighted by molar-refractivity contribution is -0.124. The van der Waals surface area contributed by atoms with Crippen molar-refractivity contribution >= 4 is 5.91 Å². The van der Waals surface area contributed by atoms with E-state index in [2.05, 4.69) is 5.32 Å². The number of rotatable bonds is 2. The molecule has 1 fully saturated rings. The molecule has 5 heteroatoms.